The molecule has 4 heteroatoms. The van der Waals surface area contributed by atoms with Gasteiger partial charge in [0, 0.05) is 25.2 Å². The summed E-state index contributed by atoms with van der Waals surface area (Å²) in [6.45, 7) is 4.01. The van der Waals surface area contributed by atoms with Crippen molar-refractivity contribution in [2.45, 2.75) is 57.5 Å². The van der Waals surface area contributed by atoms with Gasteiger partial charge in [-0.25, -0.2) is 4.79 Å². The molecule has 1 aliphatic heterocycles. The smallest absolute Gasteiger partial charge is 0.317 e. The minimum absolute atomic E-state index is 0.162. The summed E-state index contributed by atoms with van der Waals surface area (Å²) in [6.07, 6.45) is 7.08. The van der Waals surface area contributed by atoms with Crippen LogP contribution in [0.1, 0.15) is 45.4 Å². The standard InChI is InChI=1S/C14H27N3O/c1-3-11-10-17(9-8-13(11)15-2)14(18)16-12-6-4-5-7-12/h11-13,15H,3-10H2,1-2H3,(H,16,18). The van der Waals surface area contributed by atoms with Crippen molar-refractivity contribution in [3.8, 4) is 0 Å². The van der Waals surface area contributed by atoms with Gasteiger partial charge in [0.05, 0.1) is 0 Å². The maximum Gasteiger partial charge on any atom is 0.317 e. The molecule has 1 saturated heterocycles. The van der Waals surface area contributed by atoms with Crippen LogP contribution in [0.15, 0.2) is 0 Å². The van der Waals surface area contributed by atoms with Gasteiger partial charge in [-0.1, -0.05) is 26.2 Å². The van der Waals surface area contributed by atoms with E-state index in [0.29, 0.717) is 18.0 Å². The molecule has 1 saturated carbocycles. The highest BCUT2D eigenvalue weighted by molar-refractivity contribution is 5.74. The first-order valence-corrected chi connectivity index (χ1v) is 7.47. The van der Waals surface area contributed by atoms with Crippen LogP contribution in [-0.2, 0) is 0 Å². The Morgan fingerprint density at radius 3 is 2.61 bits per heavy atom. The molecular formula is C14H27N3O. The molecular weight excluding hydrogens is 226 g/mol. The van der Waals surface area contributed by atoms with E-state index in [2.05, 4.69) is 17.6 Å². The number of carbonyl (C=O) groups is 1. The first kappa shape index (κ1) is 13.7. The summed E-state index contributed by atoms with van der Waals surface area (Å²) in [6, 6.07) is 1.17. The van der Waals surface area contributed by atoms with Crippen molar-refractivity contribution in [3.63, 3.8) is 0 Å². The highest BCUT2D eigenvalue weighted by Gasteiger charge is 2.30. The quantitative estimate of drug-likeness (QED) is 0.807. The largest absolute Gasteiger partial charge is 0.335 e. The van der Waals surface area contributed by atoms with Crippen molar-refractivity contribution in [3.05, 3.63) is 0 Å². The maximum absolute atomic E-state index is 12.2. The second kappa shape index (κ2) is 6.41. The van der Waals surface area contributed by atoms with Crippen molar-refractivity contribution in [1.82, 2.24) is 15.5 Å². The van der Waals surface area contributed by atoms with Crippen molar-refractivity contribution in [1.29, 1.82) is 0 Å². The van der Waals surface area contributed by atoms with Gasteiger partial charge < -0.3 is 15.5 Å². The van der Waals surface area contributed by atoms with Crippen LogP contribution < -0.4 is 10.6 Å². The van der Waals surface area contributed by atoms with Crippen LogP contribution in [0.4, 0.5) is 4.79 Å². The molecule has 0 aromatic carbocycles. The zero-order valence-corrected chi connectivity index (χ0v) is 11.7. The molecule has 104 valence electrons. The monoisotopic (exact) mass is 253 g/mol. The molecule has 2 aliphatic rings. The zero-order chi connectivity index (χ0) is 13.0. The average Bonchev–Trinajstić information content (AvgIpc) is 2.90. The molecule has 2 rings (SSSR count). The van der Waals surface area contributed by atoms with Gasteiger partial charge in [-0.2, -0.15) is 0 Å². The normalized spacial score (nSPS) is 29.6. The van der Waals surface area contributed by atoms with Crippen LogP contribution in [-0.4, -0.2) is 43.2 Å². The highest BCUT2D eigenvalue weighted by atomic mass is 16.2. The maximum atomic E-state index is 12.2. The fourth-order valence-electron chi connectivity index (χ4n) is 3.35. The minimum atomic E-state index is 0.162. The molecule has 0 aromatic rings. The number of nitrogens with one attached hydrogen (secondary N) is 2. The molecule has 1 heterocycles. The van der Waals surface area contributed by atoms with Crippen molar-refractivity contribution >= 4 is 6.03 Å². The topological polar surface area (TPSA) is 44.4 Å². The fraction of sp³-hybridized carbons (Fsp3) is 0.929. The Morgan fingerprint density at radius 1 is 1.28 bits per heavy atom. The van der Waals surface area contributed by atoms with Gasteiger partial charge in [0.15, 0.2) is 0 Å². The fourth-order valence-corrected chi connectivity index (χ4v) is 3.35. The zero-order valence-electron chi connectivity index (χ0n) is 11.7. The Morgan fingerprint density at radius 2 is 2.00 bits per heavy atom. The van der Waals surface area contributed by atoms with E-state index in [0.717, 1.165) is 38.8 Å². The second-order valence-corrected chi connectivity index (χ2v) is 5.73. The summed E-state index contributed by atoms with van der Waals surface area (Å²) in [5.41, 5.74) is 0. The number of hydrogen-bond acceptors (Lipinski definition) is 2. The molecule has 4 nitrogen and oxygen atoms in total. The lowest BCUT2D eigenvalue weighted by Gasteiger charge is -2.38. The van der Waals surface area contributed by atoms with E-state index >= 15 is 0 Å². The van der Waals surface area contributed by atoms with Gasteiger partial charge in [0.1, 0.15) is 0 Å². The Labute approximate surface area is 110 Å². The van der Waals surface area contributed by atoms with E-state index in [-0.39, 0.29) is 6.03 Å². The summed E-state index contributed by atoms with van der Waals surface area (Å²) in [4.78, 5) is 14.2. The molecule has 2 amide bonds. The van der Waals surface area contributed by atoms with Crippen molar-refractivity contribution < 1.29 is 4.79 Å². The number of piperidine rings is 1. The van der Waals surface area contributed by atoms with E-state index in [1.807, 2.05) is 11.9 Å². The van der Waals surface area contributed by atoms with E-state index in [9.17, 15) is 4.79 Å². The van der Waals surface area contributed by atoms with Crippen molar-refractivity contribution in [2.75, 3.05) is 20.1 Å². The third-order valence-corrected chi connectivity index (χ3v) is 4.60. The predicted molar refractivity (Wildman–Crippen MR) is 73.6 cm³/mol. The summed E-state index contributed by atoms with van der Waals surface area (Å²) in [7, 11) is 2.03. The average molecular weight is 253 g/mol. The minimum Gasteiger partial charge on any atom is -0.335 e. The molecule has 2 N–H and O–H groups in total. The van der Waals surface area contributed by atoms with E-state index in [4.69, 9.17) is 0 Å². The van der Waals surface area contributed by atoms with Gasteiger partial charge >= 0.3 is 6.03 Å². The van der Waals surface area contributed by atoms with Gasteiger partial charge in [-0.3, -0.25) is 0 Å². The lowest BCUT2D eigenvalue weighted by molar-refractivity contribution is 0.142. The number of nitrogens with zero attached hydrogens (tertiary/aromatic N) is 1. The van der Waals surface area contributed by atoms with E-state index in [1.54, 1.807) is 0 Å². The van der Waals surface area contributed by atoms with E-state index < -0.39 is 0 Å². The molecule has 0 bridgehead atoms. The number of urea groups is 1. The third kappa shape index (κ3) is 3.16. The van der Waals surface area contributed by atoms with Crippen LogP contribution >= 0.6 is 0 Å². The molecule has 2 atom stereocenters. The van der Waals surface area contributed by atoms with Crippen LogP contribution in [0.2, 0.25) is 0 Å². The molecule has 2 unspecified atom stereocenters. The molecule has 0 spiro atoms. The second-order valence-electron chi connectivity index (χ2n) is 5.73. The SMILES string of the molecule is CCC1CN(C(=O)NC2CCCC2)CCC1NC. The number of hydrogen-bond donors (Lipinski definition) is 2. The Hall–Kier alpha value is -0.770. The number of likely N-dealkylation sites (tertiary alicyclic amines) is 1. The molecule has 0 radical (unpaired) electrons. The van der Waals surface area contributed by atoms with Gasteiger partial charge in [0.25, 0.3) is 0 Å². The lowest BCUT2D eigenvalue weighted by Crippen LogP contribution is -2.53. The van der Waals surface area contributed by atoms with Gasteiger partial charge in [0.2, 0.25) is 0 Å². The molecule has 1 aliphatic carbocycles. The summed E-state index contributed by atoms with van der Waals surface area (Å²) >= 11 is 0. The first-order valence-electron chi connectivity index (χ1n) is 7.47. The molecule has 2 fully saturated rings. The third-order valence-electron chi connectivity index (χ3n) is 4.60. The number of rotatable bonds is 3. The number of amides is 2. The Kier molecular flexibility index (Phi) is 4.87. The predicted octanol–water partition coefficient (Wildman–Crippen LogP) is 1.96. The van der Waals surface area contributed by atoms with Gasteiger partial charge in [-0.05, 0) is 32.2 Å². The van der Waals surface area contributed by atoms with Crippen molar-refractivity contribution in [2.24, 2.45) is 5.92 Å². The summed E-state index contributed by atoms with van der Waals surface area (Å²) in [5.74, 6) is 0.595. The number of carbonyl (C=O) groups excluding carboxylic acids is 1. The molecule has 0 aromatic heterocycles. The summed E-state index contributed by atoms with van der Waals surface area (Å²) in [5, 5.41) is 6.57. The van der Waals surface area contributed by atoms with Crippen LogP contribution in [0.5, 0.6) is 0 Å². The highest BCUT2D eigenvalue weighted by Crippen LogP contribution is 2.21. The summed E-state index contributed by atoms with van der Waals surface area (Å²) < 4.78 is 0. The van der Waals surface area contributed by atoms with Crippen LogP contribution in [0.3, 0.4) is 0 Å². The van der Waals surface area contributed by atoms with Crippen LogP contribution in [0, 0.1) is 5.92 Å². The Balaban J connectivity index is 1.83. The Bertz CT molecular complexity index is 276. The van der Waals surface area contributed by atoms with Crippen LogP contribution in [0.25, 0.3) is 0 Å². The van der Waals surface area contributed by atoms with Gasteiger partial charge in [-0.15, -0.1) is 0 Å². The first-order chi connectivity index (χ1) is 8.74. The molecule has 18 heavy (non-hydrogen) atoms. The lowest BCUT2D eigenvalue weighted by atomic mass is 9.90. The van der Waals surface area contributed by atoms with E-state index in [1.165, 1.54) is 12.8 Å².